The Morgan fingerprint density at radius 2 is 2.05 bits per heavy atom. The number of carbonyl (C=O) groups excluding carboxylic acids is 1. The lowest BCUT2D eigenvalue weighted by molar-refractivity contribution is 0.0822. The molecule has 6 nitrogen and oxygen atoms in total. The van der Waals surface area contributed by atoms with E-state index in [1.165, 1.54) is 4.90 Å². The standard InChI is InChI=1S/C15H25N5O/c1-18(2)15(21)14-12-13(4-5-17-14)16-6-7-20-10-8-19(3)9-11-20/h4-5,12H,6-11H2,1-3H3,(H,16,17). The average molecular weight is 291 g/mol. The molecular weight excluding hydrogens is 266 g/mol. The maximum absolute atomic E-state index is 11.9. The van der Waals surface area contributed by atoms with E-state index in [1.807, 2.05) is 12.1 Å². The first-order valence-corrected chi connectivity index (χ1v) is 7.39. The lowest BCUT2D eigenvalue weighted by Crippen LogP contribution is -2.45. The highest BCUT2D eigenvalue weighted by atomic mass is 16.2. The summed E-state index contributed by atoms with van der Waals surface area (Å²) in [6, 6.07) is 3.71. The Balaban J connectivity index is 1.81. The predicted octanol–water partition coefficient (Wildman–Crippen LogP) is 0.443. The fraction of sp³-hybridized carbons (Fsp3) is 0.600. The summed E-state index contributed by atoms with van der Waals surface area (Å²) >= 11 is 0. The minimum absolute atomic E-state index is 0.0716. The van der Waals surface area contributed by atoms with Crippen molar-refractivity contribution in [1.82, 2.24) is 19.7 Å². The van der Waals surface area contributed by atoms with E-state index in [1.54, 1.807) is 20.3 Å². The van der Waals surface area contributed by atoms with Gasteiger partial charge in [0.1, 0.15) is 5.69 Å². The second kappa shape index (κ2) is 7.38. The van der Waals surface area contributed by atoms with Crippen molar-refractivity contribution in [3.05, 3.63) is 24.0 Å². The van der Waals surface area contributed by atoms with Crippen molar-refractivity contribution < 1.29 is 4.79 Å². The first-order valence-electron chi connectivity index (χ1n) is 7.39. The van der Waals surface area contributed by atoms with Crippen LogP contribution in [0.5, 0.6) is 0 Å². The third-order valence-electron chi connectivity index (χ3n) is 3.74. The summed E-state index contributed by atoms with van der Waals surface area (Å²) in [7, 11) is 5.63. The van der Waals surface area contributed by atoms with Gasteiger partial charge in [-0.05, 0) is 19.2 Å². The third kappa shape index (κ3) is 4.68. The number of rotatable bonds is 5. The van der Waals surface area contributed by atoms with Crippen molar-refractivity contribution in [2.45, 2.75) is 0 Å². The Morgan fingerprint density at radius 1 is 1.33 bits per heavy atom. The van der Waals surface area contributed by atoms with Crippen molar-refractivity contribution in [3.8, 4) is 0 Å². The van der Waals surface area contributed by atoms with E-state index in [2.05, 4.69) is 27.1 Å². The maximum atomic E-state index is 11.9. The molecule has 1 aliphatic heterocycles. The minimum Gasteiger partial charge on any atom is -0.384 e. The molecule has 1 N–H and O–H groups in total. The second-order valence-corrected chi connectivity index (χ2v) is 5.70. The number of pyridine rings is 1. The van der Waals surface area contributed by atoms with Crippen LogP contribution >= 0.6 is 0 Å². The van der Waals surface area contributed by atoms with Crippen LogP contribution in [0.3, 0.4) is 0 Å². The van der Waals surface area contributed by atoms with E-state index in [4.69, 9.17) is 0 Å². The van der Waals surface area contributed by atoms with Crippen molar-refractivity contribution in [2.24, 2.45) is 0 Å². The summed E-state index contributed by atoms with van der Waals surface area (Å²) in [6.07, 6.45) is 1.68. The molecule has 2 rings (SSSR count). The van der Waals surface area contributed by atoms with E-state index in [0.29, 0.717) is 5.69 Å². The molecule has 0 radical (unpaired) electrons. The number of likely N-dealkylation sites (N-methyl/N-ethyl adjacent to an activating group) is 1. The fourth-order valence-corrected chi connectivity index (χ4v) is 2.32. The molecule has 6 heteroatoms. The molecule has 0 bridgehead atoms. The highest BCUT2D eigenvalue weighted by Gasteiger charge is 2.13. The number of anilines is 1. The second-order valence-electron chi connectivity index (χ2n) is 5.70. The number of carbonyl (C=O) groups is 1. The van der Waals surface area contributed by atoms with Crippen LogP contribution in [-0.2, 0) is 0 Å². The highest BCUT2D eigenvalue weighted by molar-refractivity contribution is 5.92. The molecule has 0 spiro atoms. The number of aromatic nitrogens is 1. The molecule has 0 aliphatic carbocycles. The topological polar surface area (TPSA) is 51.7 Å². The quantitative estimate of drug-likeness (QED) is 0.853. The third-order valence-corrected chi connectivity index (χ3v) is 3.74. The smallest absolute Gasteiger partial charge is 0.272 e. The van der Waals surface area contributed by atoms with Gasteiger partial charge in [0, 0.05) is 65.2 Å². The summed E-state index contributed by atoms with van der Waals surface area (Å²) < 4.78 is 0. The van der Waals surface area contributed by atoms with Crippen LogP contribution in [0, 0.1) is 0 Å². The molecule has 1 fully saturated rings. The predicted molar refractivity (Wildman–Crippen MR) is 84.7 cm³/mol. The Labute approximate surface area is 126 Å². The SMILES string of the molecule is CN1CCN(CCNc2ccnc(C(=O)N(C)C)c2)CC1. The fourth-order valence-electron chi connectivity index (χ4n) is 2.32. The molecule has 21 heavy (non-hydrogen) atoms. The molecule has 1 aromatic heterocycles. The van der Waals surface area contributed by atoms with Gasteiger partial charge in [-0.2, -0.15) is 0 Å². The zero-order valence-corrected chi connectivity index (χ0v) is 13.2. The van der Waals surface area contributed by atoms with Gasteiger partial charge in [-0.15, -0.1) is 0 Å². The van der Waals surface area contributed by atoms with Crippen molar-refractivity contribution in [1.29, 1.82) is 0 Å². The van der Waals surface area contributed by atoms with Gasteiger partial charge in [-0.1, -0.05) is 0 Å². The number of amides is 1. The summed E-state index contributed by atoms with van der Waals surface area (Å²) in [6.45, 7) is 6.42. The van der Waals surface area contributed by atoms with Gasteiger partial charge in [0.05, 0.1) is 0 Å². The summed E-state index contributed by atoms with van der Waals surface area (Å²) in [5, 5.41) is 3.37. The number of nitrogens with one attached hydrogen (secondary N) is 1. The molecule has 1 amide bonds. The van der Waals surface area contributed by atoms with Crippen molar-refractivity contribution in [3.63, 3.8) is 0 Å². The summed E-state index contributed by atoms with van der Waals surface area (Å²) in [5.74, 6) is -0.0716. The molecule has 1 saturated heterocycles. The zero-order chi connectivity index (χ0) is 15.2. The Morgan fingerprint density at radius 3 is 2.71 bits per heavy atom. The lowest BCUT2D eigenvalue weighted by Gasteiger charge is -2.32. The number of nitrogens with zero attached hydrogens (tertiary/aromatic N) is 4. The van der Waals surface area contributed by atoms with Gasteiger partial charge in [-0.3, -0.25) is 14.7 Å². The molecule has 0 aromatic carbocycles. The lowest BCUT2D eigenvalue weighted by atomic mass is 10.3. The number of hydrogen-bond acceptors (Lipinski definition) is 5. The van der Waals surface area contributed by atoms with Crippen LogP contribution in [0.1, 0.15) is 10.5 Å². The van der Waals surface area contributed by atoms with Gasteiger partial charge in [0.15, 0.2) is 0 Å². The maximum Gasteiger partial charge on any atom is 0.272 e. The zero-order valence-electron chi connectivity index (χ0n) is 13.2. The van der Waals surface area contributed by atoms with Gasteiger partial charge < -0.3 is 15.1 Å². The average Bonchev–Trinajstić information content (AvgIpc) is 2.49. The monoisotopic (exact) mass is 291 g/mol. The summed E-state index contributed by atoms with van der Waals surface area (Å²) in [4.78, 5) is 22.3. The van der Waals surface area contributed by atoms with Crippen LogP contribution in [-0.4, -0.2) is 86.0 Å². The van der Waals surface area contributed by atoms with Gasteiger partial charge in [-0.25, -0.2) is 0 Å². The molecule has 2 heterocycles. The van der Waals surface area contributed by atoms with Crippen LogP contribution < -0.4 is 5.32 Å². The molecular formula is C15H25N5O. The van der Waals surface area contributed by atoms with Gasteiger partial charge in [0.2, 0.25) is 0 Å². The number of hydrogen-bond donors (Lipinski definition) is 1. The van der Waals surface area contributed by atoms with Gasteiger partial charge in [0.25, 0.3) is 5.91 Å². The minimum atomic E-state index is -0.0716. The van der Waals surface area contributed by atoms with Crippen LogP contribution in [0.2, 0.25) is 0 Å². The molecule has 0 saturated carbocycles. The van der Waals surface area contributed by atoms with E-state index >= 15 is 0 Å². The first-order chi connectivity index (χ1) is 10.1. The number of piperazine rings is 1. The molecule has 1 aromatic rings. The van der Waals surface area contributed by atoms with E-state index < -0.39 is 0 Å². The van der Waals surface area contributed by atoms with E-state index in [0.717, 1.165) is 45.0 Å². The molecule has 0 atom stereocenters. The normalized spacial score (nSPS) is 16.7. The Kier molecular flexibility index (Phi) is 5.52. The Bertz CT molecular complexity index is 469. The van der Waals surface area contributed by atoms with Crippen molar-refractivity contribution in [2.75, 3.05) is 65.7 Å². The van der Waals surface area contributed by atoms with Crippen LogP contribution in [0.15, 0.2) is 18.3 Å². The highest BCUT2D eigenvalue weighted by Crippen LogP contribution is 2.09. The van der Waals surface area contributed by atoms with Crippen LogP contribution in [0.4, 0.5) is 5.69 Å². The van der Waals surface area contributed by atoms with Crippen LogP contribution in [0.25, 0.3) is 0 Å². The van der Waals surface area contributed by atoms with E-state index in [9.17, 15) is 4.79 Å². The molecule has 1 aliphatic rings. The molecule has 116 valence electrons. The van der Waals surface area contributed by atoms with Gasteiger partial charge >= 0.3 is 0 Å². The van der Waals surface area contributed by atoms with Crippen molar-refractivity contribution >= 4 is 11.6 Å². The van der Waals surface area contributed by atoms with E-state index in [-0.39, 0.29) is 5.91 Å². The largest absolute Gasteiger partial charge is 0.384 e. The first kappa shape index (κ1) is 15.7. The summed E-state index contributed by atoms with van der Waals surface area (Å²) in [5.41, 5.74) is 1.42. The molecule has 0 unspecified atom stereocenters. The Hall–Kier alpha value is -1.66.